The van der Waals surface area contributed by atoms with Gasteiger partial charge in [-0.3, -0.25) is 0 Å². The second kappa shape index (κ2) is 4.73. The van der Waals surface area contributed by atoms with E-state index in [4.69, 9.17) is 0 Å². The number of aromatic nitrogens is 2. The first-order valence-electron chi connectivity index (χ1n) is 5.79. The SMILES string of the molecule is Oc1ccc2ncnc(Nc3ccc(F)c(F)c3)c2c1. The van der Waals surface area contributed by atoms with Crippen LogP contribution in [0.2, 0.25) is 0 Å². The number of phenols is 1. The van der Waals surface area contributed by atoms with Gasteiger partial charge < -0.3 is 10.4 Å². The van der Waals surface area contributed by atoms with Gasteiger partial charge >= 0.3 is 0 Å². The molecule has 4 nitrogen and oxygen atoms in total. The van der Waals surface area contributed by atoms with Gasteiger partial charge in [-0.25, -0.2) is 18.7 Å². The maximum absolute atomic E-state index is 13.2. The number of hydrogen-bond acceptors (Lipinski definition) is 4. The lowest BCUT2D eigenvalue weighted by Gasteiger charge is -2.08. The number of phenolic OH excluding ortho intramolecular Hbond substituents is 1. The molecule has 6 heteroatoms. The van der Waals surface area contributed by atoms with Crippen LogP contribution in [0.5, 0.6) is 5.75 Å². The standard InChI is InChI=1S/C14H9F2N3O/c15-11-3-1-8(5-12(11)16)19-14-10-6-9(20)2-4-13(10)17-7-18-14/h1-7,20H,(H,17,18,19). The van der Waals surface area contributed by atoms with Crippen molar-refractivity contribution in [3.05, 3.63) is 54.4 Å². The molecule has 0 spiro atoms. The lowest BCUT2D eigenvalue weighted by atomic mass is 10.2. The second-order valence-electron chi connectivity index (χ2n) is 4.18. The van der Waals surface area contributed by atoms with Crippen LogP contribution in [0.3, 0.4) is 0 Å². The van der Waals surface area contributed by atoms with Crippen molar-refractivity contribution in [3.63, 3.8) is 0 Å². The van der Waals surface area contributed by atoms with Gasteiger partial charge in [0.15, 0.2) is 11.6 Å². The van der Waals surface area contributed by atoms with E-state index in [1.54, 1.807) is 6.07 Å². The molecule has 0 aliphatic carbocycles. The van der Waals surface area contributed by atoms with Crippen LogP contribution in [0.15, 0.2) is 42.7 Å². The molecular formula is C14H9F2N3O. The number of fused-ring (bicyclic) bond motifs is 1. The van der Waals surface area contributed by atoms with E-state index in [-0.39, 0.29) is 5.75 Å². The third-order valence-electron chi connectivity index (χ3n) is 2.80. The molecule has 100 valence electrons. The van der Waals surface area contributed by atoms with Gasteiger partial charge in [-0.2, -0.15) is 0 Å². The topological polar surface area (TPSA) is 58.0 Å². The van der Waals surface area contributed by atoms with Crippen molar-refractivity contribution in [3.8, 4) is 5.75 Å². The molecule has 0 aliphatic heterocycles. The molecule has 0 radical (unpaired) electrons. The maximum atomic E-state index is 13.2. The van der Waals surface area contributed by atoms with Crippen molar-refractivity contribution >= 4 is 22.4 Å². The van der Waals surface area contributed by atoms with Crippen LogP contribution in [0.4, 0.5) is 20.3 Å². The van der Waals surface area contributed by atoms with Crippen LogP contribution >= 0.6 is 0 Å². The highest BCUT2D eigenvalue weighted by atomic mass is 19.2. The first kappa shape index (κ1) is 12.3. The fourth-order valence-corrected chi connectivity index (χ4v) is 1.85. The van der Waals surface area contributed by atoms with E-state index in [1.807, 2.05) is 0 Å². The number of rotatable bonds is 2. The Hall–Kier alpha value is -2.76. The largest absolute Gasteiger partial charge is 0.508 e. The first-order valence-corrected chi connectivity index (χ1v) is 5.79. The molecule has 0 bridgehead atoms. The molecule has 0 saturated carbocycles. The summed E-state index contributed by atoms with van der Waals surface area (Å²) in [6, 6.07) is 8.11. The van der Waals surface area contributed by atoms with Gasteiger partial charge in [-0.1, -0.05) is 0 Å². The fourth-order valence-electron chi connectivity index (χ4n) is 1.85. The number of nitrogens with one attached hydrogen (secondary N) is 1. The molecule has 1 aromatic heterocycles. The van der Waals surface area contributed by atoms with Crippen molar-refractivity contribution in [1.82, 2.24) is 9.97 Å². The quantitative estimate of drug-likeness (QED) is 0.751. The molecular weight excluding hydrogens is 264 g/mol. The lowest BCUT2D eigenvalue weighted by molar-refractivity contribution is 0.476. The summed E-state index contributed by atoms with van der Waals surface area (Å²) in [6.07, 6.45) is 1.35. The van der Waals surface area contributed by atoms with E-state index >= 15 is 0 Å². The predicted molar refractivity (Wildman–Crippen MR) is 70.8 cm³/mol. The third kappa shape index (κ3) is 2.23. The molecule has 0 aliphatic rings. The monoisotopic (exact) mass is 273 g/mol. The summed E-state index contributed by atoms with van der Waals surface area (Å²) < 4.78 is 26.1. The summed E-state index contributed by atoms with van der Waals surface area (Å²) in [5, 5.41) is 13.0. The minimum absolute atomic E-state index is 0.0700. The predicted octanol–water partition coefficient (Wildman–Crippen LogP) is 3.36. The van der Waals surface area contributed by atoms with E-state index in [0.29, 0.717) is 22.4 Å². The van der Waals surface area contributed by atoms with Gasteiger partial charge in [0, 0.05) is 17.1 Å². The van der Waals surface area contributed by atoms with Crippen LogP contribution in [0, 0.1) is 11.6 Å². The molecule has 0 atom stereocenters. The highest BCUT2D eigenvalue weighted by molar-refractivity contribution is 5.91. The van der Waals surface area contributed by atoms with Gasteiger partial charge in [0.05, 0.1) is 5.52 Å². The smallest absolute Gasteiger partial charge is 0.160 e. The van der Waals surface area contributed by atoms with Gasteiger partial charge in [0.25, 0.3) is 0 Å². The Bertz CT molecular complexity index is 792. The molecule has 3 aromatic rings. The zero-order chi connectivity index (χ0) is 14.1. The van der Waals surface area contributed by atoms with Gasteiger partial charge in [0.2, 0.25) is 0 Å². The molecule has 2 aromatic carbocycles. The van der Waals surface area contributed by atoms with Crippen molar-refractivity contribution in [2.75, 3.05) is 5.32 Å². The molecule has 20 heavy (non-hydrogen) atoms. The number of aromatic hydroxyl groups is 1. The van der Waals surface area contributed by atoms with Crippen molar-refractivity contribution < 1.29 is 13.9 Å². The summed E-state index contributed by atoms with van der Waals surface area (Å²) in [5.41, 5.74) is 0.982. The van der Waals surface area contributed by atoms with E-state index < -0.39 is 11.6 Å². The number of hydrogen-bond donors (Lipinski definition) is 2. The first-order chi connectivity index (χ1) is 9.63. The van der Waals surface area contributed by atoms with Crippen LogP contribution in [-0.2, 0) is 0 Å². The minimum Gasteiger partial charge on any atom is -0.508 e. The van der Waals surface area contributed by atoms with Crippen molar-refractivity contribution in [1.29, 1.82) is 0 Å². The highest BCUT2D eigenvalue weighted by Crippen LogP contribution is 2.26. The fraction of sp³-hybridized carbons (Fsp3) is 0. The Kier molecular flexibility index (Phi) is 2.90. The number of anilines is 2. The Morgan fingerprint density at radius 3 is 2.60 bits per heavy atom. The Morgan fingerprint density at radius 2 is 1.80 bits per heavy atom. The summed E-state index contributed by atoms with van der Waals surface area (Å²) in [7, 11) is 0. The minimum atomic E-state index is -0.948. The molecule has 3 rings (SSSR count). The van der Waals surface area contributed by atoms with Crippen LogP contribution in [0.25, 0.3) is 10.9 Å². The van der Waals surface area contributed by atoms with E-state index in [2.05, 4.69) is 15.3 Å². The second-order valence-corrected chi connectivity index (χ2v) is 4.18. The zero-order valence-electron chi connectivity index (χ0n) is 10.1. The highest BCUT2D eigenvalue weighted by Gasteiger charge is 2.07. The van der Waals surface area contributed by atoms with E-state index in [0.717, 1.165) is 12.1 Å². The molecule has 0 unspecified atom stereocenters. The number of halogens is 2. The lowest BCUT2D eigenvalue weighted by Crippen LogP contribution is -1.97. The van der Waals surface area contributed by atoms with Gasteiger partial charge in [-0.15, -0.1) is 0 Å². The molecule has 0 amide bonds. The summed E-state index contributed by atoms with van der Waals surface area (Å²) in [4.78, 5) is 8.11. The van der Waals surface area contributed by atoms with Gasteiger partial charge in [-0.05, 0) is 30.3 Å². The molecule has 0 fully saturated rings. The summed E-state index contributed by atoms with van der Waals surface area (Å²) >= 11 is 0. The van der Waals surface area contributed by atoms with E-state index in [9.17, 15) is 13.9 Å². The van der Waals surface area contributed by atoms with Crippen molar-refractivity contribution in [2.45, 2.75) is 0 Å². The Morgan fingerprint density at radius 1 is 0.950 bits per heavy atom. The van der Waals surface area contributed by atoms with Gasteiger partial charge in [0.1, 0.15) is 17.9 Å². The summed E-state index contributed by atoms with van der Waals surface area (Å²) in [6.45, 7) is 0. The normalized spacial score (nSPS) is 10.7. The van der Waals surface area contributed by atoms with Crippen LogP contribution in [-0.4, -0.2) is 15.1 Å². The molecule has 0 saturated heterocycles. The number of nitrogens with zero attached hydrogens (tertiary/aromatic N) is 2. The average molecular weight is 273 g/mol. The molecule has 2 N–H and O–H groups in total. The zero-order valence-corrected chi connectivity index (χ0v) is 10.1. The summed E-state index contributed by atoms with van der Waals surface area (Å²) in [5.74, 6) is -1.39. The van der Waals surface area contributed by atoms with Crippen LogP contribution in [0.1, 0.15) is 0 Å². The van der Waals surface area contributed by atoms with Crippen molar-refractivity contribution in [2.24, 2.45) is 0 Å². The average Bonchev–Trinajstić information content (AvgIpc) is 2.44. The van der Waals surface area contributed by atoms with Crippen LogP contribution < -0.4 is 5.32 Å². The van der Waals surface area contributed by atoms with E-state index in [1.165, 1.54) is 24.5 Å². The maximum Gasteiger partial charge on any atom is 0.160 e. The molecule has 1 heterocycles. The Labute approximate surface area is 112 Å². The Balaban J connectivity index is 2.05. The third-order valence-corrected chi connectivity index (χ3v) is 2.80. The number of benzene rings is 2.